The fourth-order valence-electron chi connectivity index (χ4n) is 9.87. The number of carbonyl (C=O) groups excluding carboxylic acids is 8. The summed E-state index contributed by atoms with van der Waals surface area (Å²) in [7, 11) is 1.65. The highest BCUT2D eigenvalue weighted by atomic mass is 16.6. The fraction of sp³-hybridized carbons (Fsp3) is 0.481. The summed E-state index contributed by atoms with van der Waals surface area (Å²) in [6, 6.07) is 19.1. The molecule has 3 aromatic carbocycles. The Morgan fingerprint density at radius 2 is 1.51 bits per heavy atom. The number of aryl methyl sites for hydroxylation is 2. The third-order valence-corrected chi connectivity index (χ3v) is 13.4. The zero-order chi connectivity index (χ0) is 51.0. The van der Waals surface area contributed by atoms with Crippen LogP contribution in [-0.4, -0.2) is 109 Å². The normalized spacial score (nSPS) is 19.9. The Morgan fingerprint density at radius 3 is 2.15 bits per heavy atom. The van der Waals surface area contributed by atoms with Gasteiger partial charge in [-0.1, -0.05) is 73.2 Å². The number of rotatable bonds is 17. The van der Waals surface area contributed by atoms with Crippen molar-refractivity contribution < 1.29 is 43.1 Å². The van der Waals surface area contributed by atoms with E-state index in [0.29, 0.717) is 43.1 Å². The minimum absolute atomic E-state index is 0.0893. The molecule has 5 atom stereocenters. The number of alkyl carbamates (subject to hydrolysis) is 1. The van der Waals surface area contributed by atoms with Gasteiger partial charge >= 0.3 is 11.8 Å². The third-order valence-electron chi connectivity index (χ3n) is 13.4. The summed E-state index contributed by atoms with van der Waals surface area (Å²) in [6.45, 7) is 5.17. The fourth-order valence-corrected chi connectivity index (χ4v) is 9.87. The van der Waals surface area contributed by atoms with Gasteiger partial charge in [-0.15, -0.1) is 0 Å². The summed E-state index contributed by atoms with van der Waals surface area (Å²) >= 11 is 0. The van der Waals surface area contributed by atoms with Crippen molar-refractivity contribution in [2.75, 3.05) is 13.1 Å². The Morgan fingerprint density at radius 1 is 0.817 bits per heavy atom. The largest absolute Gasteiger partial charge is 0.444 e. The zero-order valence-corrected chi connectivity index (χ0v) is 40.8. The van der Waals surface area contributed by atoms with Gasteiger partial charge in [0.15, 0.2) is 0 Å². The number of benzene rings is 3. The molecule has 0 radical (unpaired) electrons. The Hall–Kier alpha value is -7.31. The number of unbranched alkanes of at least 4 members (excludes halogenated alkanes) is 2. The van der Waals surface area contributed by atoms with E-state index in [9.17, 15) is 43.2 Å². The van der Waals surface area contributed by atoms with Crippen LogP contribution in [-0.2, 0) is 51.8 Å². The maximum Gasteiger partial charge on any atom is 0.408 e. The number of piperidine rings is 1. The van der Waals surface area contributed by atoms with Crippen LogP contribution >= 0.6 is 0 Å². The molecule has 19 nitrogen and oxygen atoms in total. The van der Waals surface area contributed by atoms with E-state index < -0.39 is 77.5 Å². The van der Waals surface area contributed by atoms with Crippen LogP contribution < -0.4 is 32.7 Å². The third kappa shape index (κ3) is 12.7. The highest BCUT2D eigenvalue weighted by molar-refractivity contribution is 6.00. The predicted octanol–water partition coefficient (Wildman–Crippen LogP) is 3.56. The van der Waals surface area contributed by atoms with Gasteiger partial charge in [0, 0.05) is 38.9 Å². The lowest BCUT2D eigenvalue weighted by Gasteiger charge is -2.39. The van der Waals surface area contributed by atoms with Crippen LogP contribution in [0.5, 0.6) is 0 Å². The number of nitrogens with zero attached hydrogens (tertiary/aromatic N) is 4. The molecule has 3 fully saturated rings. The molecule has 8 amide bonds. The Labute approximate surface area is 412 Å². The summed E-state index contributed by atoms with van der Waals surface area (Å²) in [5.41, 5.74) is 8.14. The van der Waals surface area contributed by atoms with Gasteiger partial charge in [-0.2, -0.15) is 0 Å². The molecular weight excluding hydrogens is 911 g/mol. The number of fused-ring (bicyclic) bond motifs is 2. The minimum Gasteiger partial charge on any atom is -0.444 e. The van der Waals surface area contributed by atoms with E-state index in [1.807, 2.05) is 78.9 Å². The lowest BCUT2D eigenvalue weighted by molar-refractivity contribution is -0.146. The van der Waals surface area contributed by atoms with Crippen molar-refractivity contribution in [3.63, 3.8) is 0 Å². The first-order valence-electron chi connectivity index (χ1n) is 24.5. The summed E-state index contributed by atoms with van der Waals surface area (Å²) in [5.74, 6) is -3.40. The topological polar surface area (TPSA) is 253 Å². The SMILES string of the molecule is Cn1c(=O)n(C2CCC(=O)NC2=O)c2ccc(CCCCCC(=O)N3CC[C@H]4CC[C@@H](C(=O)N[C@@H](CCC(N)=O)C(=O)NC(c5ccccc5)c5ccccc5)N4C(=O)[C@@H](NC(=O)OC(C)(C)C)C3)cc21. The van der Waals surface area contributed by atoms with Crippen molar-refractivity contribution >= 4 is 58.5 Å². The number of nitrogens with two attached hydrogens (primary N) is 1. The molecule has 71 heavy (non-hydrogen) atoms. The van der Waals surface area contributed by atoms with Crippen LogP contribution in [0, 0.1) is 0 Å². The molecular formula is C52H65N9O10. The van der Waals surface area contributed by atoms with Gasteiger partial charge in [-0.05, 0) is 101 Å². The molecule has 3 saturated heterocycles. The second kappa shape index (κ2) is 22.6. The quantitative estimate of drug-likeness (QED) is 0.0760. The van der Waals surface area contributed by atoms with Crippen LogP contribution in [0.25, 0.3) is 11.0 Å². The van der Waals surface area contributed by atoms with Crippen LogP contribution in [0.3, 0.4) is 0 Å². The van der Waals surface area contributed by atoms with E-state index in [1.165, 1.54) is 14.0 Å². The Balaban J connectivity index is 0.998. The van der Waals surface area contributed by atoms with Crippen molar-refractivity contribution in [1.29, 1.82) is 0 Å². The monoisotopic (exact) mass is 975 g/mol. The van der Waals surface area contributed by atoms with E-state index in [0.717, 1.165) is 23.1 Å². The van der Waals surface area contributed by atoms with Crippen molar-refractivity contribution in [1.82, 2.24) is 40.2 Å². The molecule has 0 aliphatic carbocycles. The van der Waals surface area contributed by atoms with Gasteiger partial charge < -0.3 is 36.2 Å². The first-order chi connectivity index (χ1) is 33.9. The molecule has 0 spiro atoms. The highest BCUT2D eigenvalue weighted by Gasteiger charge is 2.46. The molecule has 378 valence electrons. The molecule has 3 aliphatic heterocycles. The molecule has 7 rings (SSSR count). The van der Waals surface area contributed by atoms with E-state index >= 15 is 0 Å². The molecule has 0 bridgehead atoms. The lowest BCUT2D eigenvalue weighted by atomic mass is 9.98. The Kier molecular flexibility index (Phi) is 16.4. The van der Waals surface area contributed by atoms with Gasteiger partial charge in [0.1, 0.15) is 29.8 Å². The molecule has 1 unspecified atom stereocenters. The second-order valence-corrected chi connectivity index (χ2v) is 19.7. The first kappa shape index (κ1) is 51.5. The van der Waals surface area contributed by atoms with Crippen molar-refractivity contribution in [3.8, 4) is 0 Å². The smallest absolute Gasteiger partial charge is 0.408 e. The lowest BCUT2D eigenvalue weighted by Crippen LogP contribution is -2.62. The van der Waals surface area contributed by atoms with Crippen molar-refractivity contribution in [2.24, 2.45) is 12.8 Å². The number of nitrogens with one attached hydrogen (secondary N) is 4. The number of amides is 8. The average molecular weight is 976 g/mol. The number of imidazole rings is 1. The van der Waals surface area contributed by atoms with Crippen LogP contribution in [0.15, 0.2) is 83.7 Å². The molecule has 3 aliphatic rings. The van der Waals surface area contributed by atoms with Gasteiger partial charge in [-0.3, -0.25) is 48.0 Å². The number of hydrogen-bond donors (Lipinski definition) is 5. The second-order valence-electron chi connectivity index (χ2n) is 19.7. The number of ether oxygens (including phenoxy) is 1. The van der Waals surface area contributed by atoms with E-state index in [2.05, 4.69) is 21.3 Å². The molecule has 19 heteroatoms. The molecule has 6 N–H and O–H groups in total. The number of hydrogen-bond acceptors (Lipinski definition) is 10. The summed E-state index contributed by atoms with van der Waals surface area (Å²) in [6.07, 6.45) is 3.18. The first-order valence-corrected chi connectivity index (χ1v) is 24.5. The van der Waals surface area contributed by atoms with Crippen molar-refractivity contribution in [3.05, 3.63) is 106 Å². The maximum atomic E-state index is 14.7. The Bertz CT molecular complexity index is 2660. The van der Waals surface area contributed by atoms with Crippen molar-refractivity contribution in [2.45, 2.75) is 140 Å². The van der Waals surface area contributed by atoms with Crippen LogP contribution in [0.2, 0.25) is 0 Å². The van der Waals surface area contributed by atoms with Gasteiger partial charge in [-0.25, -0.2) is 9.59 Å². The zero-order valence-electron chi connectivity index (χ0n) is 40.8. The van der Waals surface area contributed by atoms with Gasteiger partial charge in [0.05, 0.1) is 23.6 Å². The maximum absolute atomic E-state index is 14.7. The standard InChI is InChI=1S/C52H65N9O10/c1-52(2,3)71-50(69)55-37-31-59(44(64)19-13-5-8-14-32-20-23-38-41(30-32)58(4)51(70)61(38)40-25-27-43(63)56-48(40)67)29-28-35-21-24-39(60(35)49(37)68)47(66)54-36(22-26-42(53)62)46(65)57-45(33-15-9-6-10-16-33)34-17-11-7-12-18-34/h6-7,9-12,15-18,20,23,30,35-37,39-40,45H,5,8,13-14,19,21-22,24-29,31H2,1-4H3,(H2,53,62)(H,54,66)(H,55,69)(H,57,65)(H,56,63,67)/t35-,36+,37+,39+,40?/m1/s1. The van der Waals surface area contributed by atoms with E-state index in [1.54, 1.807) is 32.7 Å². The highest BCUT2D eigenvalue weighted by Crippen LogP contribution is 2.31. The summed E-state index contributed by atoms with van der Waals surface area (Å²) < 4.78 is 8.48. The summed E-state index contributed by atoms with van der Waals surface area (Å²) in [5, 5.41) is 10.9. The van der Waals surface area contributed by atoms with Crippen LogP contribution in [0.1, 0.15) is 120 Å². The number of primary amides is 1. The molecule has 4 heterocycles. The number of imide groups is 1. The summed E-state index contributed by atoms with van der Waals surface area (Å²) in [4.78, 5) is 123. The molecule has 4 aromatic rings. The van der Waals surface area contributed by atoms with E-state index in [-0.39, 0.29) is 69.1 Å². The van der Waals surface area contributed by atoms with Gasteiger partial charge in [0.25, 0.3) is 0 Å². The van der Waals surface area contributed by atoms with E-state index in [4.69, 9.17) is 10.5 Å². The van der Waals surface area contributed by atoms with Gasteiger partial charge in [0.2, 0.25) is 41.4 Å². The minimum atomic E-state index is -1.26. The molecule has 1 aromatic heterocycles. The number of carbonyl (C=O) groups is 8. The molecule has 0 saturated carbocycles. The number of aromatic nitrogens is 2. The average Bonchev–Trinajstić information content (AvgIpc) is 3.86. The van der Waals surface area contributed by atoms with Crippen LogP contribution in [0.4, 0.5) is 4.79 Å². The predicted molar refractivity (Wildman–Crippen MR) is 262 cm³/mol.